The first-order valence-corrected chi connectivity index (χ1v) is 6.12. The predicted octanol–water partition coefficient (Wildman–Crippen LogP) is 1.02. The first kappa shape index (κ1) is 13.4. The van der Waals surface area contributed by atoms with Crippen LogP contribution in [0.1, 0.15) is 16.2 Å². The van der Waals surface area contributed by atoms with Crippen LogP contribution in [0.2, 0.25) is 5.02 Å². The third kappa shape index (κ3) is 3.23. The molecule has 0 fully saturated rings. The number of hydrogen-bond acceptors (Lipinski definition) is 4. The van der Waals surface area contributed by atoms with E-state index in [0.717, 1.165) is 5.82 Å². The van der Waals surface area contributed by atoms with E-state index in [0.29, 0.717) is 29.2 Å². The fourth-order valence-electron chi connectivity index (χ4n) is 1.66. The Morgan fingerprint density at radius 2 is 2.32 bits per heavy atom. The summed E-state index contributed by atoms with van der Waals surface area (Å²) in [6, 6.07) is 4.80. The average Bonchev–Trinajstić information content (AvgIpc) is 2.75. The molecule has 0 unspecified atom stereocenters. The van der Waals surface area contributed by atoms with Gasteiger partial charge in [-0.05, 0) is 18.2 Å². The van der Waals surface area contributed by atoms with Crippen LogP contribution in [0.3, 0.4) is 0 Å². The maximum absolute atomic E-state index is 11.9. The number of nitrogens with one attached hydrogen (secondary N) is 1. The zero-order valence-corrected chi connectivity index (χ0v) is 11.2. The highest BCUT2D eigenvalue weighted by Crippen LogP contribution is 2.17. The van der Waals surface area contributed by atoms with Gasteiger partial charge >= 0.3 is 0 Å². The molecule has 0 saturated carbocycles. The van der Waals surface area contributed by atoms with Crippen molar-refractivity contribution in [3.63, 3.8) is 0 Å². The summed E-state index contributed by atoms with van der Waals surface area (Å²) in [5.41, 5.74) is 6.52. The van der Waals surface area contributed by atoms with E-state index in [1.807, 2.05) is 11.6 Å². The molecule has 0 bridgehead atoms. The van der Waals surface area contributed by atoms with Crippen molar-refractivity contribution in [3.8, 4) is 0 Å². The third-order valence-corrected chi connectivity index (χ3v) is 2.93. The summed E-state index contributed by atoms with van der Waals surface area (Å²) in [6.07, 6.45) is 2.23. The molecule has 3 N–H and O–H groups in total. The number of rotatable bonds is 4. The van der Waals surface area contributed by atoms with E-state index in [4.69, 9.17) is 17.3 Å². The number of aryl methyl sites for hydroxylation is 1. The molecule has 6 nitrogen and oxygen atoms in total. The highest BCUT2D eigenvalue weighted by atomic mass is 35.5. The maximum atomic E-state index is 11.9. The van der Waals surface area contributed by atoms with Gasteiger partial charge in [0.05, 0.1) is 5.56 Å². The van der Waals surface area contributed by atoms with Gasteiger partial charge in [0.15, 0.2) is 0 Å². The number of anilines is 1. The van der Waals surface area contributed by atoms with Gasteiger partial charge < -0.3 is 15.6 Å². The zero-order valence-electron chi connectivity index (χ0n) is 10.4. The Balaban J connectivity index is 1.93. The molecular weight excluding hydrogens is 266 g/mol. The van der Waals surface area contributed by atoms with Crippen LogP contribution < -0.4 is 11.1 Å². The van der Waals surface area contributed by atoms with Crippen molar-refractivity contribution in [2.24, 2.45) is 7.05 Å². The maximum Gasteiger partial charge on any atom is 0.253 e. The highest BCUT2D eigenvalue weighted by molar-refractivity contribution is 6.31. The van der Waals surface area contributed by atoms with Crippen LogP contribution in [-0.4, -0.2) is 27.2 Å². The number of halogens is 1. The predicted molar refractivity (Wildman–Crippen MR) is 72.9 cm³/mol. The molecule has 7 heteroatoms. The first-order valence-electron chi connectivity index (χ1n) is 5.74. The molecule has 1 aromatic carbocycles. The molecule has 0 aliphatic carbocycles. The second-order valence-corrected chi connectivity index (χ2v) is 4.53. The number of hydrogen-bond donors (Lipinski definition) is 2. The van der Waals surface area contributed by atoms with Crippen LogP contribution in [0.4, 0.5) is 5.69 Å². The monoisotopic (exact) mass is 279 g/mol. The number of benzene rings is 1. The van der Waals surface area contributed by atoms with Crippen LogP contribution in [0, 0.1) is 0 Å². The number of carbonyl (C=O) groups is 1. The van der Waals surface area contributed by atoms with E-state index in [9.17, 15) is 4.79 Å². The SMILES string of the molecule is Cn1cnnc1CCNC(=O)c1ccc(Cl)cc1N. The van der Waals surface area contributed by atoms with Crippen molar-refractivity contribution >= 4 is 23.2 Å². The van der Waals surface area contributed by atoms with Crippen LogP contribution in [-0.2, 0) is 13.5 Å². The first-order chi connectivity index (χ1) is 9.08. The fraction of sp³-hybridized carbons (Fsp3) is 0.250. The van der Waals surface area contributed by atoms with Crippen molar-refractivity contribution in [2.75, 3.05) is 12.3 Å². The van der Waals surface area contributed by atoms with Crippen LogP contribution in [0.15, 0.2) is 24.5 Å². The molecular formula is C12H14ClN5O. The summed E-state index contributed by atoms with van der Waals surface area (Å²) in [4.78, 5) is 11.9. The number of nitrogens with zero attached hydrogens (tertiary/aromatic N) is 3. The van der Waals surface area contributed by atoms with Crippen LogP contribution in [0.25, 0.3) is 0 Å². The van der Waals surface area contributed by atoms with E-state index in [-0.39, 0.29) is 5.91 Å². The molecule has 1 aromatic heterocycles. The highest BCUT2D eigenvalue weighted by Gasteiger charge is 2.10. The smallest absolute Gasteiger partial charge is 0.253 e. The van der Waals surface area contributed by atoms with E-state index in [2.05, 4.69) is 15.5 Å². The van der Waals surface area contributed by atoms with Crippen molar-refractivity contribution < 1.29 is 4.79 Å². The minimum absolute atomic E-state index is 0.226. The Morgan fingerprint density at radius 3 is 2.95 bits per heavy atom. The number of nitrogen functional groups attached to an aromatic ring is 1. The van der Waals surface area contributed by atoms with Crippen molar-refractivity contribution in [3.05, 3.63) is 40.9 Å². The van der Waals surface area contributed by atoms with Gasteiger partial charge in [0.2, 0.25) is 0 Å². The van der Waals surface area contributed by atoms with Gasteiger partial charge in [-0.2, -0.15) is 0 Å². The molecule has 0 spiro atoms. The van der Waals surface area contributed by atoms with E-state index in [1.165, 1.54) is 0 Å². The van der Waals surface area contributed by atoms with Gasteiger partial charge in [0.1, 0.15) is 12.2 Å². The molecule has 0 aliphatic rings. The molecule has 0 saturated heterocycles. The normalized spacial score (nSPS) is 10.4. The molecule has 0 atom stereocenters. The lowest BCUT2D eigenvalue weighted by Gasteiger charge is -2.07. The zero-order chi connectivity index (χ0) is 13.8. The Morgan fingerprint density at radius 1 is 1.53 bits per heavy atom. The second-order valence-electron chi connectivity index (χ2n) is 4.10. The topological polar surface area (TPSA) is 85.8 Å². The summed E-state index contributed by atoms with van der Waals surface area (Å²) >= 11 is 5.78. The number of nitrogens with two attached hydrogens (primary N) is 1. The standard InChI is InChI=1S/C12H14ClN5O/c1-18-7-16-17-11(18)4-5-15-12(19)9-3-2-8(13)6-10(9)14/h2-3,6-7H,4-5,14H2,1H3,(H,15,19). The summed E-state index contributed by atoms with van der Waals surface area (Å²) in [6.45, 7) is 0.466. The van der Waals surface area contributed by atoms with Gasteiger partial charge in [0, 0.05) is 30.7 Å². The van der Waals surface area contributed by atoms with Gasteiger partial charge in [0.25, 0.3) is 5.91 Å². The van der Waals surface area contributed by atoms with E-state index < -0.39 is 0 Å². The summed E-state index contributed by atoms with van der Waals surface area (Å²) in [5, 5.41) is 11.0. The van der Waals surface area contributed by atoms with Crippen LogP contribution in [0.5, 0.6) is 0 Å². The number of amides is 1. The lowest BCUT2D eigenvalue weighted by Crippen LogP contribution is -2.27. The van der Waals surface area contributed by atoms with Gasteiger partial charge in [-0.15, -0.1) is 10.2 Å². The lowest BCUT2D eigenvalue weighted by molar-refractivity contribution is 0.0955. The minimum Gasteiger partial charge on any atom is -0.398 e. The third-order valence-electron chi connectivity index (χ3n) is 2.70. The Bertz CT molecular complexity index is 596. The van der Waals surface area contributed by atoms with Crippen molar-refractivity contribution in [1.29, 1.82) is 0 Å². The molecule has 1 heterocycles. The largest absolute Gasteiger partial charge is 0.398 e. The molecule has 0 aliphatic heterocycles. The van der Waals surface area contributed by atoms with Crippen molar-refractivity contribution in [2.45, 2.75) is 6.42 Å². The second kappa shape index (κ2) is 5.71. The minimum atomic E-state index is -0.226. The molecule has 19 heavy (non-hydrogen) atoms. The molecule has 100 valence electrons. The Labute approximate surface area is 115 Å². The molecule has 0 radical (unpaired) electrons. The molecule has 2 rings (SSSR count). The summed E-state index contributed by atoms with van der Waals surface area (Å²) < 4.78 is 1.81. The number of aromatic nitrogens is 3. The lowest BCUT2D eigenvalue weighted by atomic mass is 10.1. The van der Waals surface area contributed by atoms with Crippen LogP contribution >= 0.6 is 11.6 Å². The molecule has 1 amide bonds. The Kier molecular flexibility index (Phi) is 4.01. The fourth-order valence-corrected chi connectivity index (χ4v) is 1.84. The average molecular weight is 280 g/mol. The van der Waals surface area contributed by atoms with Gasteiger partial charge in [-0.3, -0.25) is 4.79 Å². The summed E-state index contributed by atoms with van der Waals surface area (Å²) in [5.74, 6) is 0.584. The van der Waals surface area contributed by atoms with Crippen molar-refractivity contribution in [1.82, 2.24) is 20.1 Å². The number of carbonyl (C=O) groups excluding carboxylic acids is 1. The van der Waals surface area contributed by atoms with E-state index in [1.54, 1.807) is 24.5 Å². The van der Waals surface area contributed by atoms with Gasteiger partial charge in [-0.1, -0.05) is 11.6 Å². The van der Waals surface area contributed by atoms with E-state index >= 15 is 0 Å². The summed E-state index contributed by atoms with van der Waals surface area (Å²) in [7, 11) is 1.86. The quantitative estimate of drug-likeness (QED) is 0.818. The Hall–Kier alpha value is -2.08. The molecule has 2 aromatic rings. The van der Waals surface area contributed by atoms with Gasteiger partial charge in [-0.25, -0.2) is 0 Å².